The molecule has 1 aliphatic rings. The van der Waals surface area contributed by atoms with Gasteiger partial charge in [0, 0.05) is 17.6 Å². The minimum absolute atomic E-state index is 0.0334. The fraction of sp³-hybridized carbons (Fsp3) is 0.571. The van der Waals surface area contributed by atoms with Crippen molar-refractivity contribution in [1.29, 1.82) is 0 Å². The molecular weight excluding hydrogens is 239 g/mol. The van der Waals surface area contributed by atoms with Crippen LogP contribution in [0.3, 0.4) is 0 Å². The van der Waals surface area contributed by atoms with Crippen molar-refractivity contribution in [2.75, 3.05) is 6.54 Å². The van der Waals surface area contributed by atoms with Gasteiger partial charge in [0.05, 0.1) is 0 Å². The highest BCUT2D eigenvalue weighted by molar-refractivity contribution is 5.32. The van der Waals surface area contributed by atoms with Crippen LogP contribution >= 0.6 is 0 Å². The van der Waals surface area contributed by atoms with Gasteiger partial charge in [-0.15, -0.1) is 0 Å². The Kier molecular flexibility index (Phi) is 3.95. The molecule has 1 aliphatic heterocycles. The zero-order chi connectivity index (χ0) is 13.3. The van der Waals surface area contributed by atoms with E-state index < -0.39 is 12.2 Å². The van der Waals surface area contributed by atoms with E-state index in [0.29, 0.717) is 5.56 Å². The van der Waals surface area contributed by atoms with Crippen LogP contribution in [0.2, 0.25) is 0 Å². The summed E-state index contributed by atoms with van der Waals surface area (Å²) in [6, 6.07) is 3.80. The molecule has 0 radical (unpaired) electrons. The third kappa shape index (κ3) is 2.53. The Hall–Kier alpha value is -1.03. The van der Waals surface area contributed by atoms with E-state index in [1.54, 1.807) is 0 Å². The molecule has 0 spiro atoms. The largest absolute Gasteiger partial charge is 0.294 e. The lowest BCUT2D eigenvalue weighted by Gasteiger charge is -2.29. The minimum atomic E-state index is -2.55. The Morgan fingerprint density at radius 1 is 1.28 bits per heavy atom. The van der Waals surface area contributed by atoms with Crippen LogP contribution in [0.25, 0.3) is 0 Å². The molecule has 1 nitrogen and oxygen atoms in total. The summed E-state index contributed by atoms with van der Waals surface area (Å²) in [5, 5.41) is 0. The van der Waals surface area contributed by atoms with Crippen molar-refractivity contribution in [3.8, 4) is 0 Å². The molecule has 0 aliphatic carbocycles. The van der Waals surface area contributed by atoms with Crippen molar-refractivity contribution >= 4 is 0 Å². The first-order valence-corrected chi connectivity index (χ1v) is 6.34. The Bertz CT molecular complexity index is 418. The molecule has 18 heavy (non-hydrogen) atoms. The van der Waals surface area contributed by atoms with Crippen LogP contribution in [0.1, 0.15) is 50.3 Å². The lowest BCUT2D eigenvalue weighted by molar-refractivity contribution is 0.144. The molecule has 1 aromatic carbocycles. The van der Waals surface area contributed by atoms with Gasteiger partial charge in [0.25, 0.3) is 6.43 Å². The maximum atomic E-state index is 13.3. The molecule has 4 heteroatoms. The van der Waals surface area contributed by atoms with E-state index in [-0.39, 0.29) is 17.6 Å². The van der Waals surface area contributed by atoms with E-state index in [0.717, 1.165) is 25.5 Å². The summed E-state index contributed by atoms with van der Waals surface area (Å²) in [7, 11) is 0. The fourth-order valence-corrected chi connectivity index (χ4v) is 2.77. The third-order valence-electron chi connectivity index (χ3n) is 3.60. The van der Waals surface area contributed by atoms with Crippen LogP contribution in [0.15, 0.2) is 18.2 Å². The summed E-state index contributed by atoms with van der Waals surface area (Å²) in [5.74, 6) is -0.440. The zero-order valence-electron chi connectivity index (χ0n) is 10.7. The van der Waals surface area contributed by atoms with Gasteiger partial charge >= 0.3 is 0 Å². The highest BCUT2D eigenvalue weighted by Crippen LogP contribution is 2.38. The van der Waals surface area contributed by atoms with Crippen LogP contribution in [0, 0.1) is 5.82 Å². The van der Waals surface area contributed by atoms with Crippen molar-refractivity contribution in [1.82, 2.24) is 4.90 Å². The van der Waals surface area contributed by atoms with Gasteiger partial charge in [0.1, 0.15) is 5.82 Å². The quantitative estimate of drug-likeness (QED) is 0.780. The van der Waals surface area contributed by atoms with E-state index in [2.05, 4.69) is 4.90 Å². The van der Waals surface area contributed by atoms with E-state index in [4.69, 9.17) is 0 Å². The first kappa shape index (κ1) is 13.4. The maximum absolute atomic E-state index is 13.3. The number of benzene rings is 1. The highest BCUT2D eigenvalue weighted by atomic mass is 19.3. The molecule has 2 rings (SSSR count). The molecule has 1 unspecified atom stereocenters. The van der Waals surface area contributed by atoms with E-state index >= 15 is 0 Å². The first-order chi connectivity index (χ1) is 8.50. The molecule has 100 valence electrons. The predicted octanol–water partition coefficient (Wildman–Crippen LogP) is 4.31. The van der Waals surface area contributed by atoms with Crippen LogP contribution < -0.4 is 0 Å². The standard InChI is InChI=1S/C14H18F3N/c1-9(2)18-7-3-4-13(18)12-8-10(15)5-6-11(12)14(16)17/h5-6,8-9,13-14H,3-4,7H2,1-2H3. The number of hydrogen-bond acceptors (Lipinski definition) is 1. The molecule has 0 saturated carbocycles. The molecule has 0 bridgehead atoms. The highest BCUT2D eigenvalue weighted by Gasteiger charge is 2.31. The molecule has 1 heterocycles. The van der Waals surface area contributed by atoms with Gasteiger partial charge in [-0.25, -0.2) is 13.2 Å². The van der Waals surface area contributed by atoms with Crippen LogP contribution in [-0.2, 0) is 0 Å². The number of alkyl halides is 2. The zero-order valence-corrected chi connectivity index (χ0v) is 10.7. The van der Waals surface area contributed by atoms with Gasteiger partial charge in [0.15, 0.2) is 0 Å². The SMILES string of the molecule is CC(C)N1CCCC1c1cc(F)ccc1C(F)F. The molecule has 1 atom stereocenters. The average molecular weight is 257 g/mol. The molecular formula is C14H18F3N. The maximum Gasteiger partial charge on any atom is 0.264 e. The van der Waals surface area contributed by atoms with Gasteiger partial charge in [-0.2, -0.15) is 0 Å². The van der Waals surface area contributed by atoms with Crippen molar-refractivity contribution < 1.29 is 13.2 Å². The molecule has 1 fully saturated rings. The van der Waals surface area contributed by atoms with Gasteiger partial charge in [-0.05, 0) is 50.9 Å². The average Bonchev–Trinajstić information content (AvgIpc) is 2.77. The molecule has 0 N–H and O–H groups in total. The van der Waals surface area contributed by atoms with E-state index in [1.807, 2.05) is 13.8 Å². The molecule has 1 aromatic rings. The van der Waals surface area contributed by atoms with E-state index in [9.17, 15) is 13.2 Å². The van der Waals surface area contributed by atoms with E-state index in [1.165, 1.54) is 12.1 Å². The molecule has 0 amide bonds. The Morgan fingerprint density at radius 2 is 2.00 bits per heavy atom. The smallest absolute Gasteiger partial charge is 0.264 e. The number of likely N-dealkylation sites (tertiary alicyclic amines) is 1. The third-order valence-corrected chi connectivity index (χ3v) is 3.60. The first-order valence-electron chi connectivity index (χ1n) is 6.34. The predicted molar refractivity (Wildman–Crippen MR) is 65.2 cm³/mol. The lowest BCUT2D eigenvalue weighted by atomic mass is 9.97. The second-order valence-electron chi connectivity index (χ2n) is 5.06. The van der Waals surface area contributed by atoms with Gasteiger partial charge in [-0.3, -0.25) is 4.90 Å². The summed E-state index contributed by atoms with van der Waals surface area (Å²) < 4.78 is 39.3. The van der Waals surface area contributed by atoms with Crippen molar-refractivity contribution in [3.63, 3.8) is 0 Å². The second kappa shape index (κ2) is 5.31. The van der Waals surface area contributed by atoms with Gasteiger partial charge in [0.2, 0.25) is 0 Å². The van der Waals surface area contributed by atoms with Crippen molar-refractivity contribution in [2.24, 2.45) is 0 Å². The normalized spacial score (nSPS) is 21.2. The molecule has 0 aromatic heterocycles. The fourth-order valence-electron chi connectivity index (χ4n) is 2.77. The van der Waals surface area contributed by atoms with Gasteiger partial charge in [-0.1, -0.05) is 6.07 Å². The Labute approximate surface area is 106 Å². The summed E-state index contributed by atoms with van der Waals surface area (Å²) in [5.41, 5.74) is 0.421. The van der Waals surface area contributed by atoms with Crippen LogP contribution in [0.5, 0.6) is 0 Å². The van der Waals surface area contributed by atoms with Crippen LogP contribution in [-0.4, -0.2) is 17.5 Å². The monoisotopic (exact) mass is 257 g/mol. The second-order valence-corrected chi connectivity index (χ2v) is 5.06. The van der Waals surface area contributed by atoms with Crippen LogP contribution in [0.4, 0.5) is 13.2 Å². The number of hydrogen-bond donors (Lipinski definition) is 0. The Balaban J connectivity index is 2.39. The van der Waals surface area contributed by atoms with Crippen molar-refractivity contribution in [3.05, 3.63) is 35.1 Å². The summed E-state index contributed by atoms with van der Waals surface area (Å²) in [4.78, 5) is 2.17. The summed E-state index contributed by atoms with van der Waals surface area (Å²) >= 11 is 0. The number of rotatable bonds is 3. The number of nitrogens with zero attached hydrogens (tertiary/aromatic N) is 1. The molecule has 1 saturated heterocycles. The lowest BCUT2D eigenvalue weighted by Crippen LogP contribution is -2.30. The van der Waals surface area contributed by atoms with Gasteiger partial charge < -0.3 is 0 Å². The summed E-state index contributed by atoms with van der Waals surface area (Å²) in [6.07, 6.45) is -0.751. The summed E-state index contributed by atoms with van der Waals surface area (Å²) in [6.45, 7) is 4.97. The number of halogens is 3. The Morgan fingerprint density at radius 3 is 2.61 bits per heavy atom. The van der Waals surface area contributed by atoms with Crippen molar-refractivity contribution in [2.45, 2.75) is 45.2 Å². The topological polar surface area (TPSA) is 3.24 Å². The minimum Gasteiger partial charge on any atom is -0.294 e.